The molecule has 1 unspecified atom stereocenters. The molecule has 4 nitrogen and oxygen atoms in total. The minimum atomic E-state index is -0.823. The van der Waals surface area contributed by atoms with E-state index in [2.05, 4.69) is 5.32 Å². The van der Waals surface area contributed by atoms with E-state index in [1.165, 1.54) is 0 Å². The number of carbonyl (C=O) groups excluding carboxylic acids is 1. The summed E-state index contributed by atoms with van der Waals surface area (Å²) in [5.74, 6) is -1.60. The van der Waals surface area contributed by atoms with Gasteiger partial charge in [0.2, 0.25) is 5.91 Å². The van der Waals surface area contributed by atoms with Crippen LogP contribution in [0.25, 0.3) is 0 Å². The number of halogens is 2. The van der Waals surface area contributed by atoms with Gasteiger partial charge in [-0.1, -0.05) is 23.2 Å². The minimum Gasteiger partial charge on any atom is -0.481 e. The number of benzene rings is 1. The largest absolute Gasteiger partial charge is 0.481 e. The lowest BCUT2D eigenvalue weighted by Crippen LogP contribution is -2.32. The van der Waals surface area contributed by atoms with Crippen LogP contribution in [-0.4, -0.2) is 17.0 Å². The summed E-state index contributed by atoms with van der Waals surface area (Å²) in [6, 6.07) is 4.84. The smallest absolute Gasteiger partial charge is 0.306 e. The molecule has 0 spiro atoms. The third-order valence-electron chi connectivity index (χ3n) is 3.94. The Morgan fingerprint density at radius 1 is 1.29 bits per heavy atom. The predicted octanol–water partition coefficient (Wildman–Crippen LogP) is 3.67. The Morgan fingerprint density at radius 2 is 1.95 bits per heavy atom. The van der Waals surface area contributed by atoms with E-state index in [4.69, 9.17) is 28.3 Å². The molecule has 0 saturated heterocycles. The molecule has 1 amide bonds. The van der Waals surface area contributed by atoms with Crippen LogP contribution in [0.1, 0.15) is 37.8 Å². The van der Waals surface area contributed by atoms with Gasteiger partial charge in [0.25, 0.3) is 0 Å². The van der Waals surface area contributed by atoms with Gasteiger partial charge in [-0.2, -0.15) is 0 Å². The van der Waals surface area contributed by atoms with Crippen LogP contribution in [0.15, 0.2) is 18.2 Å². The molecule has 1 saturated carbocycles. The number of carboxylic acids is 1. The van der Waals surface area contributed by atoms with E-state index < -0.39 is 11.9 Å². The van der Waals surface area contributed by atoms with Crippen molar-refractivity contribution in [2.45, 2.75) is 32.2 Å². The van der Waals surface area contributed by atoms with Crippen LogP contribution in [-0.2, 0) is 9.59 Å². The van der Waals surface area contributed by atoms with Crippen LogP contribution in [0.4, 0.5) is 0 Å². The lowest BCUT2D eigenvalue weighted by Gasteiger charge is -2.18. The average Bonchev–Trinajstić information content (AvgIpc) is 2.91. The van der Waals surface area contributed by atoms with Crippen molar-refractivity contribution in [3.05, 3.63) is 33.8 Å². The van der Waals surface area contributed by atoms with Crippen molar-refractivity contribution < 1.29 is 14.7 Å². The molecule has 6 heteroatoms. The van der Waals surface area contributed by atoms with Crippen LogP contribution in [0.2, 0.25) is 10.0 Å². The van der Waals surface area contributed by atoms with E-state index >= 15 is 0 Å². The summed E-state index contributed by atoms with van der Waals surface area (Å²) in [4.78, 5) is 23.1. The Morgan fingerprint density at radius 3 is 2.57 bits per heavy atom. The number of amides is 1. The molecule has 1 aliphatic carbocycles. The SMILES string of the molecule is CC(NC(=O)[C@@H]1CC[C@H](C(=O)O)C1)c1cc(Cl)ccc1Cl. The number of carbonyl (C=O) groups is 2. The molecular formula is C15H17Cl2NO3. The Balaban J connectivity index is 1.99. The van der Waals surface area contributed by atoms with Crippen molar-refractivity contribution in [1.29, 1.82) is 0 Å². The van der Waals surface area contributed by atoms with Crippen LogP contribution >= 0.6 is 23.2 Å². The van der Waals surface area contributed by atoms with Gasteiger partial charge in [-0.15, -0.1) is 0 Å². The van der Waals surface area contributed by atoms with Gasteiger partial charge in [0.1, 0.15) is 0 Å². The Bertz CT molecular complexity index is 562. The highest BCUT2D eigenvalue weighted by Crippen LogP contribution is 2.32. The lowest BCUT2D eigenvalue weighted by atomic mass is 10.0. The molecule has 1 fully saturated rings. The Labute approximate surface area is 133 Å². The number of aliphatic carboxylic acids is 1. The number of carboxylic acid groups (broad SMARTS) is 1. The molecule has 0 aliphatic heterocycles. The van der Waals surface area contributed by atoms with E-state index in [0.29, 0.717) is 29.3 Å². The van der Waals surface area contributed by atoms with Gasteiger partial charge in [-0.25, -0.2) is 0 Å². The summed E-state index contributed by atoms with van der Waals surface area (Å²) in [7, 11) is 0. The second kappa shape index (κ2) is 6.67. The molecule has 0 aromatic heterocycles. The van der Waals surface area contributed by atoms with Gasteiger partial charge in [0, 0.05) is 16.0 Å². The lowest BCUT2D eigenvalue weighted by molar-refractivity contribution is -0.141. The first-order valence-electron chi connectivity index (χ1n) is 6.86. The van der Waals surface area contributed by atoms with Gasteiger partial charge >= 0.3 is 5.97 Å². The van der Waals surface area contributed by atoms with E-state index in [-0.39, 0.29) is 17.9 Å². The first-order chi connectivity index (χ1) is 9.88. The molecule has 21 heavy (non-hydrogen) atoms. The molecule has 0 radical (unpaired) electrons. The number of hydrogen-bond acceptors (Lipinski definition) is 2. The normalized spacial score (nSPS) is 22.8. The van der Waals surface area contributed by atoms with Gasteiger partial charge in [0.15, 0.2) is 0 Å². The first-order valence-corrected chi connectivity index (χ1v) is 7.62. The molecule has 2 N–H and O–H groups in total. The molecular weight excluding hydrogens is 313 g/mol. The van der Waals surface area contributed by atoms with Gasteiger partial charge in [-0.05, 0) is 49.9 Å². The van der Waals surface area contributed by atoms with Crippen molar-refractivity contribution in [3.8, 4) is 0 Å². The molecule has 1 aromatic carbocycles. The summed E-state index contributed by atoms with van der Waals surface area (Å²) in [6.45, 7) is 1.83. The fourth-order valence-corrected chi connectivity index (χ4v) is 3.16. The van der Waals surface area contributed by atoms with Crippen molar-refractivity contribution in [3.63, 3.8) is 0 Å². The quantitative estimate of drug-likeness (QED) is 0.885. The first kappa shape index (κ1) is 16.1. The van der Waals surface area contributed by atoms with Crippen molar-refractivity contribution >= 4 is 35.1 Å². The number of nitrogens with one attached hydrogen (secondary N) is 1. The third kappa shape index (κ3) is 3.89. The number of rotatable bonds is 4. The average molecular weight is 330 g/mol. The maximum atomic E-state index is 12.2. The van der Waals surface area contributed by atoms with Crippen LogP contribution in [0, 0.1) is 11.8 Å². The third-order valence-corrected chi connectivity index (χ3v) is 4.52. The molecule has 1 aromatic rings. The second-order valence-corrected chi connectivity index (χ2v) is 6.28. The highest BCUT2D eigenvalue weighted by atomic mass is 35.5. The standard InChI is InChI=1S/C15H17Cl2NO3/c1-8(12-7-11(16)4-5-13(12)17)18-14(19)9-2-3-10(6-9)15(20)21/h4-5,7-10H,2-3,6H2,1H3,(H,18,19)(H,20,21)/t8?,9-,10+/m1/s1. The van der Waals surface area contributed by atoms with Gasteiger partial charge in [-0.3, -0.25) is 9.59 Å². The topological polar surface area (TPSA) is 66.4 Å². The summed E-state index contributed by atoms with van der Waals surface area (Å²) < 4.78 is 0. The molecule has 1 aliphatic rings. The van der Waals surface area contributed by atoms with Gasteiger partial charge in [0.05, 0.1) is 12.0 Å². The maximum Gasteiger partial charge on any atom is 0.306 e. The maximum absolute atomic E-state index is 12.2. The van der Waals surface area contributed by atoms with Crippen LogP contribution in [0.5, 0.6) is 0 Å². The fourth-order valence-electron chi connectivity index (χ4n) is 2.70. The summed E-state index contributed by atoms with van der Waals surface area (Å²) in [5, 5.41) is 13.0. The predicted molar refractivity (Wildman–Crippen MR) is 81.5 cm³/mol. The molecule has 0 bridgehead atoms. The molecule has 2 rings (SSSR count). The fraction of sp³-hybridized carbons (Fsp3) is 0.467. The van der Waals surface area contributed by atoms with E-state index in [1.807, 2.05) is 6.92 Å². The molecule has 3 atom stereocenters. The minimum absolute atomic E-state index is 0.123. The van der Waals surface area contributed by atoms with Crippen molar-refractivity contribution in [1.82, 2.24) is 5.32 Å². The van der Waals surface area contributed by atoms with Crippen molar-refractivity contribution in [2.75, 3.05) is 0 Å². The zero-order valence-electron chi connectivity index (χ0n) is 11.6. The zero-order chi connectivity index (χ0) is 15.6. The summed E-state index contributed by atoms with van der Waals surface area (Å²) >= 11 is 12.1. The molecule has 114 valence electrons. The summed E-state index contributed by atoms with van der Waals surface area (Å²) in [6.07, 6.45) is 1.57. The van der Waals surface area contributed by atoms with Crippen LogP contribution < -0.4 is 5.32 Å². The Kier molecular flexibility index (Phi) is 5.12. The van der Waals surface area contributed by atoms with Crippen molar-refractivity contribution in [2.24, 2.45) is 11.8 Å². The zero-order valence-corrected chi connectivity index (χ0v) is 13.1. The second-order valence-electron chi connectivity index (χ2n) is 5.44. The van der Waals surface area contributed by atoms with Gasteiger partial charge < -0.3 is 10.4 Å². The summed E-state index contributed by atoms with van der Waals surface area (Å²) in [5.41, 5.74) is 0.755. The highest BCUT2D eigenvalue weighted by molar-refractivity contribution is 6.33. The Hall–Kier alpha value is -1.26. The van der Waals surface area contributed by atoms with Crippen LogP contribution in [0.3, 0.4) is 0 Å². The van der Waals surface area contributed by atoms with E-state index in [0.717, 1.165) is 5.56 Å². The monoisotopic (exact) mass is 329 g/mol. The number of hydrogen-bond donors (Lipinski definition) is 2. The molecule has 0 heterocycles. The van der Waals surface area contributed by atoms with E-state index in [9.17, 15) is 9.59 Å². The van der Waals surface area contributed by atoms with E-state index in [1.54, 1.807) is 18.2 Å². The highest BCUT2D eigenvalue weighted by Gasteiger charge is 2.34.